The number of hydrogen-bond donors (Lipinski definition) is 6. The van der Waals surface area contributed by atoms with Crippen LogP contribution in [-0.4, -0.2) is 85.2 Å². The molecular weight excluding hydrogens is 444 g/mol. The van der Waals surface area contributed by atoms with Crippen molar-refractivity contribution >= 4 is 28.7 Å². The molecule has 1 aliphatic heterocycles. The minimum atomic E-state index is -1.09. The summed E-state index contributed by atoms with van der Waals surface area (Å²) in [7, 11) is 0. The van der Waals surface area contributed by atoms with E-state index in [2.05, 4.69) is 20.3 Å². The highest BCUT2D eigenvalue weighted by Gasteiger charge is 2.44. The van der Waals surface area contributed by atoms with Gasteiger partial charge in [-0.2, -0.15) is 11.8 Å². The van der Waals surface area contributed by atoms with Crippen molar-refractivity contribution in [2.24, 2.45) is 11.5 Å². The Hall–Kier alpha value is -1.54. The van der Waals surface area contributed by atoms with Crippen LogP contribution >= 0.6 is 11.8 Å². The van der Waals surface area contributed by atoms with Gasteiger partial charge in [-0.05, 0) is 51.9 Å². The number of hydrogen-bond acceptors (Lipinski definition) is 11. The van der Waals surface area contributed by atoms with Gasteiger partial charge in [-0.25, -0.2) is 15.0 Å². The van der Waals surface area contributed by atoms with E-state index in [1.807, 2.05) is 0 Å². The molecule has 1 saturated heterocycles. The van der Waals surface area contributed by atoms with Gasteiger partial charge in [-0.1, -0.05) is 12.8 Å². The second-order valence-electron chi connectivity index (χ2n) is 8.40. The molecule has 0 amide bonds. The molecule has 0 saturated carbocycles. The molecule has 0 aromatic carbocycles. The van der Waals surface area contributed by atoms with E-state index in [1.165, 1.54) is 19.1 Å². The Morgan fingerprint density at radius 3 is 2.64 bits per heavy atom. The van der Waals surface area contributed by atoms with Gasteiger partial charge < -0.3 is 37.5 Å². The highest BCUT2D eigenvalue weighted by Crippen LogP contribution is 2.34. The normalized spacial score (nSPS) is 24.0. The topological polar surface area (TPSA) is 183 Å². The summed E-state index contributed by atoms with van der Waals surface area (Å²) in [6.45, 7) is 3.35. The Bertz CT molecular complexity index is 841. The molecule has 12 heteroatoms. The van der Waals surface area contributed by atoms with Crippen molar-refractivity contribution in [3.05, 3.63) is 12.7 Å². The smallest absolute Gasteiger partial charge is 0.167 e. The van der Waals surface area contributed by atoms with Gasteiger partial charge in [0.05, 0.1) is 12.4 Å². The van der Waals surface area contributed by atoms with Crippen LogP contribution in [0.15, 0.2) is 12.7 Å². The molecule has 0 spiro atoms. The predicted octanol–water partition coefficient (Wildman–Crippen LogP) is -0.0229. The van der Waals surface area contributed by atoms with Crippen LogP contribution in [0.4, 0.5) is 5.82 Å². The molecule has 3 heterocycles. The fraction of sp³-hybridized carbons (Fsp3) is 0.762. The Kier molecular flexibility index (Phi) is 10.6. The Balaban J connectivity index is 1.47. The number of nitrogen functional groups attached to an aromatic ring is 1. The van der Waals surface area contributed by atoms with Gasteiger partial charge in [-0.3, -0.25) is 4.57 Å². The molecule has 0 aliphatic carbocycles. The number of rotatable bonds is 15. The van der Waals surface area contributed by atoms with Crippen molar-refractivity contribution in [3.8, 4) is 0 Å². The highest BCUT2D eigenvalue weighted by atomic mass is 32.2. The number of aliphatic hydroxyl groups is 2. The van der Waals surface area contributed by atoms with Gasteiger partial charge in [0.25, 0.3) is 0 Å². The number of nitrogens with one attached hydrogen (secondary N) is 1. The number of nitrogens with two attached hydrogens (primary N) is 3. The van der Waals surface area contributed by atoms with Crippen LogP contribution in [0.25, 0.3) is 11.2 Å². The summed E-state index contributed by atoms with van der Waals surface area (Å²) < 4.78 is 7.65. The third kappa shape index (κ3) is 6.98. The number of aliphatic hydroxyl groups excluding tert-OH is 2. The van der Waals surface area contributed by atoms with Crippen molar-refractivity contribution in [2.75, 3.05) is 37.7 Å². The molecule has 3 rings (SSSR count). The maximum Gasteiger partial charge on any atom is 0.167 e. The number of ether oxygens (including phenoxy) is 1. The number of nitrogens with zero attached hydrogens (tertiary/aromatic N) is 4. The minimum Gasteiger partial charge on any atom is -0.387 e. The average Bonchev–Trinajstić information content (AvgIpc) is 3.36. The Labute approximate surface area is 198 Å². The van der Waals surface area contributed by atoms with Gasteiger partial charge in [0.1, 0.15) is 24.1 Å². The number of aromatic nitrogens is 4. The quantitative estimate of drug-likeness (QED) is 0.187. The number of imidazole rings is 1. The van der Waals surface area contributed by atoms with E-state index in [0.717, 1.165) is 51.7 Å². The lowest BCUT2D eigenvalue weighted by molar-refractivity contribution is -0.0289. The van der Waals surface area contributed by atoms with Crippen molar-refractivity contribution in [3.63, 3.8) is 0 Å². The molecule has 186 valence electrons. The van der Waals surface area contributed by atoms with Crippen LogP contribution < -0.4 is 22.5 Å². The van der Waals surface area contributed by atoms with Gasteiger partial charge in [0.2, 0.25) is 0 Å². The zero-order valence-electron chi connectivity index (χ0n) is 19.1. The molecule has 9 N–H and O–H groups in total. The summed E-state index contributed by atoms with van der Waals surface area (Å²) in [6.07, 6.45) is 5.91. The number of thioether (sulfide) groups is 1. The van der Waals surface area contributed by atoms with Crippen LogP contribution in [0.3, 0.4) is 0 Å². The first kappa shape index (κ1) is 26.1. The van der Waals surface area contributed by atoms with E-state index in [-0.39, 0.29) is 5.82 Å². The fourth-order valence-corrected chi connectivity index (χ4v) is 5.41. The molecular formula is C21H38N8O3S. The van der Waals surface area contributed by atoms with Crippen LogP contribution in [0.5, 0.6) is 0 Å². The second kappa shape index (κ2) is 13.4. The van der Waals surface area contributed by atoms with Crippen LogP contribution in [0.2, 0.25) is 0 Å². The van der Waals surface area contributed by atoms with Gasteiger partial charge in [0, 0.05) is 11.0 Å². The summed E-state index contributed by atoms with van der Waals surface area (Å²) in [5.41, 5.74) is 18.1. The van der Waals surface area contributed by atoms with Crippen LogP contribution in [0, 0.1) is 0 Å². The lowest BCUT2D eigenvalue weighted by Crippen LogP contribution is -2.33. The molecule has 0 radical (unpaired) electrons. The minimum absolute atomic E-state index is 0.259. The van der Waals surface area contributed by atoms with Crippen molar-refractivity contribution in [1.82, 2.24) is 24.8 Å². The van der Waals surface area contributed by atoms with Crippen molar-refractivity contribution in [1.29, 1.82) is 0 Å². The number of fused-ring (bicyclic) bond motifs is 1. The zero-order valence-corrected chi connectivity index (χ0v) is 19.9. The van der Waals surface area contributed by atoms with Crippen LogP contribution in [0.1, 0.15) is 44.8 Å². The summed E-state index contributed by atoms with van der Waals surface area (Å²) in [6, 6.07) is 0. The first-order valence-corrected chi connectivity index (χ1v) is 12.8. The maximum atomic E-state index is 10.6. The van der Waals surface area contributed by atoms with Gasteiger partial charge in [0.15, 0.2) is 17.7 Å². The summed E-state index contributed by atoms with van der Waals surface area (Å²) in [4.78, 5) is 12.4. The third-order valence-electron chi connectivity index (χ3n) is 5.92. The third-order valence-corrected chi connectivity index (χ3v) is 7.38. The Morgan fingerprint density at radius 1 is 1.03 bits per heavy atom. The predicted molar refractivity (Wildman–Crippen MR) is 131 cm³/mol. The zero-order chi connectivity index (χ0) is 23.6. The molecule has 1 fully saturated rings. The summed E-state index contributed by atoms with van der Waals surface area (Å²) in [5, 5.41) is 25.0. The van der Waals surface area contributed by atoms with E-state index in [1.54, 1.807) is 16.3 Å². The van der Waals surface area contributed by atoms with E-state index in [4.69, 9.17) is 21.9 Å². The molecule has 2 aromatic heterocycles. The van der Waals surface area contributed by atoms with Crippen molar-refractivity contribution in [2.45, 2.75) is 68.3 Å². The lowest BCUT2D eigenvalue weighted by atomic mass is 10.1. The molecule has 1 aliphatic rings. The number of anilines is 1. The molecule has 0 bridgehead atoms. The second-order valence-corrected chi connectivity index (χ2v) is 9.74. The SMILES string of the molecule is NCCCNCCCCCC(CCN)SCC1OC(n2cnc3c(N)ncnc32)C(O)C1O. The van der Waals surface area contributed by atoms with Crippen LogP contribution in [-0.2, 0) is 4.74 Å². The molecule has 5 unspecified atom stereocenters. The monoisotopic (exact) mass is 482 g/mol. The molecule has 11 nitrogen and oxygen atoms in total. The summed E-state index contributed by atoms with van der Waals surface area (Å²) in [5.74, 6) is 0.832. The van der Waals surface area contributed by atoms with E-state index >= 15 is 0 Å². The summed E-state index contributed by atoms with van der Waals surface area (Å²) >= 11 is 1.75. The van der Waals surface area contributed by atoms with Gasteiger partial charge >= 0.3 is 0 Å². The van der Waals surface area contributed by atoms with E-state index in [0.29, 0.717) is 28.7 Å². The average molecular weight is 483 g/mol. The molecule has 2 aromatic rings. The van der Waals surface area contributed by atoms with Gasteiger partial charge in [-0.15, -0.1) is 0 Å². The highest BCUT2D eigenvalue weighted by molar-refractivity contribution is 7.99. The molecule has 33 heavy (non-hydrogen) atoms. The number of unbranched alkanes of at least 4 members (excludes halogenated alkanes) is 2. The largest absolute Gasteiger partial charge is 0.387 e. The Morgan fingerprint density at radius 2 is 1.85 bits per heavy atom. The van der Waals surface area contributed by atoms with E-state index in [9.17, 15) is 10.2 Å². The fourth-order valence-electron chi connectivity index (χ4n) is 4.03. The first-order chi connectivity index (χ1) is 16.1. The molecule has 5 atom stereocenters. The van der Waals surface area contributed by atoms with Crippen molar-refractivity contribution < 1.29 is 14.9 Å². The standard InChI is InChI=1S/C21H38N8O3S/c22-7-4-10-25-9-3-1-2-5-14(6-8-23)33-11-15-17(30)18(31)21(32-15)29-13-28-16-19(24)26-12-27-20(16)29/h12-15,17-18,21,25,30-31H,1-11,22-23H2,(H2,24,26,27). The first-order valence-electron chi connectivity index (χ1n) is 11.7. The lowest BCUT2D eigenvalue weighted by Gasteiger charge is -2.20. The van der Waals surface area contributed by atoms with E-state index < -0.39 is 24.5 Å². The maximum absolute atomic E-state index is 10.6.